The van der Waals surface area contributed by atoms with Crippen molar-refractivity contribution < 1.29 is 14.7 Å². The molecule has 3 aliphatic rings. The van der Waals surface area contributed by atoms with E-state index in [1.54, 1.807) is 6.07 Å². The Morgan fingerprint density at radius 3 is 2.87 bits per heavy atom. The highest BCUT2D eigenvalue weighted by atomic mass is 16.3. The highest BCUT2D eigenvalue weighted by Gasteiger charge is 2.56. The molecule has 1 saturated carbocycles. The standard InChI is InChI=1S/C18H22N2O3/c1-18-7-6-13-12-5-3-11(21)8-10(12)2-4-14(13)15(18)9-16(22)20(19)17(18)23/h3,5,8,13-15,21H,2,4,6-7,9,19H2,1H3/t13?,14-,15?,18+/m1/s1. The number of phenolic OH excluding ortho intramolecular Hbond substituents is 1. The summed E-state index contributed by atoms with van der Waals surface area (Å²) in [5, 5.41) is 10.5. The van der Waals surface area contributed by atoms with Crippen molar-refractivity contribution in [2.75, 3.05) is 0 Å². The molecule has 1 aromatic carbocycles. The zero-order valence-electron chi connectivity index (χ0n) is 13.3. The van der Waals surface area contributed by atoms with E-state index < -0.39 is 5.41 Å². The number of aromatic hydroxyl groups is 1. The first-order chi connectivity index (χ1) is 10.9. The van der Waals surface area contributed by atoms with E-state index >= 15 is 0 Å². The lowest BCUT2D eigenvalue weighted by Crippen LogP contribution is -2.61. The molecule has 2 amide bonds. The van der Waals surface area contributed by atoms with Crippen LogP contribution in [0.3, 0.4) is 0 Å². The van der Waals surface area contributed by atoms with Crippen LogP contribution in [-0.4, -0.2) is 21.9 Å². The van der Waals surface area contributed by atoms with E-state index in [4.69, 9.17) is 5.84 Å². The fourth-order valence-electron chi connectivity index (χ4n) is 5.21. The van der Waals surface area contributed by atoms with Gasteiger partial charge in [-0.15, -0.1) is 0 Å². The molecule has 2 aliphatic carbocycles. The molecule has 0 spiro atoms. The minimum Gasteiger partial charge on any atom is -0.508 e. The number of carbonyl (C=O) groups excluding carboxylic acids is 2. The molecule has 1 aromatic rings. The Morgan fingerprint density at radius 1 is 1.30 bits per heavy atom. The van der Waals surface area contributed by atoms with Gasteiger partial charge < -0.3 is 5.11 Å². The quantitative estimate of drug-likeness (QED) is 0.436. The molecule has 5 heteroatoms. The summed E-state index contributed by atoms with van der Waals surface area (Å²) in [6, 6.07) is 5.62. The third-order valence-electron chi connectivity index (χ3n) is 6.47. The average molecular weight is 314 g/mol. The van der Waals surface area contributed by atoms with Crippen molar-refractivity contribution in [3.05, 3.63) is 29.3 Å². The second kappa shape index (κ2) is 4.81. The predicted molar refractivity (Wildman–Crippen MR) is 84.1 cm³/mol. The number of hydrazine groups is 1. The van der Waals surface area contributed by atoms with Crippen LogP contribution in [0, 0.1) is 17.3 Å². The van der Waals surface area contributed by atoms with Crippen LogP contribution < -0.4 is 5.84 Å². The van der Waals surface area contributed by atoms with Crippen molar-refractivity contribution in [2.45, 2.75) is 44.9 Å². The van der Waals surface area contributed by atoms with Crippen LogP contribution in [-0.2, 0) is 16.0 Å². The van der Waals surface area contributed by atoms with Gasteiger partial charge in [0.25, 0.3) is 0 Å². The smallest absolute Gasteiger partial charge is 0.249 e. The molecule has 3 N–H and O–H groups in total. The number of benzene rings is 1. The first-order valence-electron chi connectivity index (χ1n) is 8.35. The number of hydrogen-bond acceptors (Lipinski definition) is 4. The van der Waals surface area contributed by atoms with Gasteiger partial charge in [-0.05, 0) is 66.7 Å². The SMILES string of the molecule is C[C@]12CCC3c4ccc(O)cc4CC[C@H]3C1CC(=O)N(N)C2=O. The monoisotopic (exact) mass is 314 g/mol. The van der Waals surface area contributed by atoms with E-state index in [9.17, 15) is 14.7 Å². The van der Waals surface area contributed by atoms with Crippen LogP contribution in [0.2, 0.25) is 0 Å². The first kappa shape index (κ1) is 14.7. The van der Waals surface area contributed by atoms with Gasteiger partial charge in [0.2, 0.25) is 11.8 Å². The predicted octanol–water partition coefficient (Wildman–Crippen LogP) is 2.09. The van der Waals surface area contributed by atoms with E-state index in [1.165, 1.54) is 11.1 Å². The van der Waals surface area contributed by atoms with Gasteiger partial charge in [-0.3, -0.25) is 9.59 Å². The number of piperidine rings is 1. The van der Waals surface area contributed by atoms with Crippen molar-refractivity contribution in [1.29, 1.82) is 0 Å². The molecule has 1 aliphatic heterocycles. The van der Waals surface area contributed by atoms with Gasteiger partial charge in [0.15, 0.2) is 0 Å². The van der Waals surface area contributed by atoms with Crippen LogP contribution >= 0.6 is 0 Å². The Kier molecular flexibility index (Phi) is 3.07. The molecule has 0 bridgehead atoms. The Labute approximate surface area is 135 Å². The molecule has 122 valence electrons. The van der Waals surface area contributed by atoms with Crippen LogP contribution in [0.5, 0.6) is 5.75 Å². The molecule has 2 unspecified atom stereocenters. The molecule has 1 saturated heterocycles. The zero-order valence-corrected chi connectivity index (χ0v) is 13.3. The van der Waals surface area contributed by atoms with Gasteiger partial charge in [-0.1, -0.05) is 13.0 Å². The van der Waals surface area contributed by atoms with Gasteiger partial charge in [-0.25, -0.2) is 10.9 Å². The lowest BCUT2D eigenvalue weighted by Gasteiger charge is -2.53. The summed E-state index contributed by atoms with van der Waals surface area (Å²) < 4.78 is 0. The largest absolute Gasteiger partial charge is 0.508 e. The molecule has 23 heavy (non-hydrogen) atoms. The number of aryl methyl sites for hydroxylation is 1. The summed E-state index contributed by atoms with van der Waals surface area (Å²) in [5.41, 5.74) is 1.98. The normalized spacial score (nSPS) is 36.3. The molecule has 4 rings (SSSR count). The van der Waals surface area contributed by atoms with E-state index in [0.29, 0.717) is 24.0 Å². The summed E-state index contributed by atoms with van der Waals surface area (Å²) in [5.74, 6) is 6.31. The van der Waals surface area contributed by atoms with Gasteiger partial charge in [-0.2, -0.15) is 0 Å². The number of imide groups is 1. The van der Waals surface area contributed by atoms with Crippen LogP contribution in [0.4, 0.5) is 0 Å². The number of nitrogens with two attached hydrogens (primary N) is 1. The lowest BCUT2D eigenvalue weighted by molar-refractivity contribution is -0.168. The fourth-order valence-corrected chi connectivity index (χ4v) is 5.21. The number of nitrogens with zero attached hydrogens (tertiary/aromatic N) is 1. The van der Waals surface area contributed by atoms with Gasteiger partial charge in [0, 0.05) is 6.42 Å². The van der Waals surface area contributed by atoms with Crippen molar-refractivity contribution in [2.24, 2.45) is 23.1 Å². The molecule has 0 aromatic heterocycles. The number of carbonyl (C=O) groups is 2. The van der Waals surface area contributed by atoms with Gasteiger partial charge in [0.1, 0.15) is 5.75 Å². The molecule has 5 nitrogen and oxygen atoms in total. The van der Waals surface area contributed by atoms with Crippen molar-refractivity contribution in [1.82, 2.24) is 5.01 Å². The summed E-state index contributed by atoms with van der Waals surface area (Å²) in [6.07, 6.45) is 3.92. The van der Waals surface area contributed by atoms with Crippen LogP contribution in [0.1, 0.15) is 49.7 Å². The van der Waals surface area contributed by atoms with Crippen molar-refractivity contribution >= 4 is 11.8 Å². The second-order valence-corrected chi connectivity index (χ2v) is 7.53. The highest BCUT2D eigenvalue weighted by Crippen LogP contribution is 2.57. The third kappa shape index (κ3) is 1.96. The molecular weight excluding hydrogens is 292 g/mol. The lowest BCUT2D eigenvalue weighted by atomic mass is 9.52. The summed E-state index contributed by atoms with van der Waals surface area (Å²) in [4.78, 5) is 24.7. The Balaban J connectivity index is 1.73. The summed E-state index contributed by atoms with van der Waals surface area (Å²) in [6.45, 7) is 1.98. The van der Waals surface area contributed by atoms with Crippen LogP contribution in [0.25, 0.3) is 0 Å². The average Bonchev–Trinajstić information content (AvgIpc) is 2.54. The van der Waals surface area contributed by atoms with E-state index in [1.807, 2.05) is 19.1 Å². The second-order valence-electron chi connectivity index (χ2n) is 7.53. The topological polar surface area (TPSA) is 83.6 Å². The Bertz CT molecular complexity index is 702. The molecular formula is C18H22N2O3. The maximum Gasteiger partial charge on any atom is 0.249 e. The molecule has 4 atom stereocenters. The molecule has 0 radical (unpaired) electrons. The number of rotatable bonds is 0. The fraction of sp³-hybridized carbons (Fsp3) is 0.556. The van der Waals surface area contributed by atoms with E-state index in [-0.39, 0.29) is 17.7 Å². The van der Waals surface area contributed by atoms with E-state index in [0.717, 1.165) is 30.7 Å². The number of fused-ring (bicyclic) bond motifs is 5. The maximum atomic E-state index is 12.6. The summed E-state index contributed by atoms with van der Waals surface area (Å²) >= 11 is 0. The first-order valence-corrected chi connectivity index (χ1v) is 8.35. The number of hydrogen-bond donors (Lipinski definition) is 2. The molecule has 2 fully saturated rings. The van der Waals surface area contributed by atoms with Gasteiger partial charge in [0.05, 0.1) is 5.41 Å². The zero-order chi connectivity index (χ0) is 16.4. The maximum absolute atomic E-state index is 12.6. The molecule has 1 heterocycles. The highest BCUT2D eigenvalue weighted by molar-refractivity contribution is 6.00. The van der Waals surface area contributed by atoms with Gasteiger partial charge >= 0.3 is 0 Å². The minimum atomic E-state index is -0.516. The van der Waals surface area contributed by atoms with Crippen molar-refractivity contribution in [3.8, 4) is 5.75 Å². The van der Waals surface area contributed by atoms with Crippen molar-refractivity contribution in [3.63, 3.8) is 0 Å². The number of phenols is 1. The van der Waals surface area contributed by atoms with Crippen LogP contribution in [0.15, 0.2) is 18.2 Å². The Hall–Kier alpha value is -1.88. The number of amides is 2. The summed E-state index contributed by atoms with van der Waals surface area (Å²) in [7, 11) is 0. The van der Waals surface area contributed by atoms with E-state index in [2.05, 4.69) is 0 Å². The third-order valence-corrected chi connectivity index (χ3v) is 6.47. The Morgan fingerprint density at radius 2 is 2.09 bits per heavy atom. The minimum absolute atomic E-state index is 0.0722.